The largest absolute Gasteiger partial charge is 0.506 e. The fraction of sp³-hybridized carbons (Fsp3) is 0.148. The zero-order chi connectivity index (χ0) is 27.8. The van der Waals surface area contributed by atoms with Crippen LogP contribution in [-0.2, 0) is 17.4 Å². The van der Waals surface area contributed by atoms with E-state index in [1.54, 1.807) is 24.3 Å². The Morgan fingerprint density at radius 2 is 1.74 bits per heavy atom. The third-order valence-electron chi connectivity index (χ3n) is 6.01. The highest BCUT2D eigenvalue weighted by Crippen LogP contribution is 2.44. The predicted molar refractivity (Wildman–Crippen MR) is 137 cm³/mol. The number of carbonyl (C=O) groups is 1. The van der Waals surface area contributed by atoms with Crippen LogP contribution in [0.4, 0.5) is 24.5 Å². The molecule has 0 saturated carbocycles. The van der Waals surface area contributed by atoms with Gasteiger partial charge in [-0.05, 0) is 79.4 Å². The van der Waals surface area contributed by atoms with Crippen molar-refractivity contribution in [2.45, 2.75) is 26.4 Å². The van der Waals surface area contributed by atoms with Crippen LogP contribution in [0.25, 0.3) is 16.6 Å². The summed E-state index contributed by atoms with van der Waals surface area (Å²) in [5.74, 6) is -1.97. The molecule has 3 aromatic carbocycles. The highest BCUT2D eigenvalue weighted by atomic mass is 35.5. The van der Waals surface area contributed by atoms with Crippen molar-refractivity contribution in [3.05, 3.63) is 88.0 Å². The van der Waals surface area contributed by atoms with Crippen LogP contribution in [0.5, 0.6) is 11.6 Å². The van der Waals surface area contributed by atoms with E-state index in [1.807, 2.05) is 13.8 Å². The Balaban J connectivity index is 1.79. The summed E-state index contributed by atoms with van der Waals surface area (Å²) in [6.07, 6.45) is -3.18. The summed E-state index contributed by atoms with van der Waals surface area (Å²) in [6.45, 7) is 3.74. The van der Waals surface area contributed by atoms with Crippen molar-refractivity contribution in [2.75, 3.05) is 0 Å². The van der Waals surface area contributed by atoms with Gasteiger partial charge in [0.15, 0.2) is 5.69 Å². The number of allylic oxidation sites excluding steroid dienone is 1. The lowest BCUT2D eigenvalue weighted by Crippen LogP contribution is -2.05. The molecule has 4 rings (SSSR count). The number of carboxylic acids is 1. The number of aryl methyl sites for hydroxylation is 2. The van der Waals surface area contributed by atoms with Crippen LogP contribution in [0, 0.1) is 13.8 Å². The number of azo groups is 1. The second kappa shape index (κ2) is 10.2. The fourth-order valence-corrected chi connectivity index (χ4v) is 3.91. The summed E-state index contributed by atoms with van der Waals surface area (Å²) in [6, 6.07) is 12.6. The lowest BCUT2D eigenvalue weighted by molar-refractivity contribution is -0.137. The second-order valence-corrected chi connectivity index (χ2v) is 9.00. The standard InChI is InChI=1S/C27H21ClF3N3O4/c1-14-3-7-18(11-15(14)2)34-22-13-17(27(29,30)31)6-8-19(22)24(25(34)36)33-32-21-10-5-16(12-23(21)35)4-9-20(28)26(37)38/h3,5-13,35-36H,4H2,1-2H3,(H,37,38)/b20-9-,33-32?. The molecule has 0 bridgehead atoms. The van der Waals surface area contributed by atoms with E-state index < -0.39 is 23.6 Å². The first-order valence-corrected chi connectivity index (χ1v) is 11.6. The third-order valence-corrected chi connectivity index (χ3v) is 6.33. The van der Waals surface area contributed by atoms with Gasteiger partial charge in [0.2, 0.25) is 5.88 Å². The topological polar surface area (TPSA) is 107 Å². The van der Waals surface area contributed by atoms with E-state index in [0.29, 0.717) is 11.3 Å². The van der Waals surface area contributed by atoms with E-state index in [1.165, 1.54) is 28.8 Å². The third kappa shape index (κ3) is 5.35. The molecule has 1 aromatic heterocycles. The van der Waals surface area contributed by atoms with Gasteiger partial charge in [0.05, 0.1) is 11.1 Å². The molecule has 0 aliphatic heterocycles. The number of aliphatic carboxylic acids is 1. The van der Waals surface area contributed by atoms with Crippen LogP contribution in [0.3, 0.4) is 0 Å². The number of benzene rings is 3. The minimum Gasteiger partial charge on any atom is -0.506 e. The number of carboxylic acid groups (broad SMARTS) is 1. The maximum atomic E-state index is 13.5. The summed E-state index contributed by atoms with van der Waals surface area (Å²) in [5.41, 5.74) is 1.99. The summed E-state index contributed by atoms with van der Waals surface area (Å²) in [4.78, 5) is 10.8. The van der Waals surface area contributed by atoms with E-state index in [4.69, 9.17) is 16.7 Å². The first kappa shape index (κ1) is 26.7. The molecule has 0 aliphatic carbocycles. The van der Waals surface area contributed by atoms with Crippen molar-refractivity contribution in [2.24, 2.45) is 10.2 Å². The number of halogens is 4. The summed E-state index contributed by atoms with van der Waals surface area (Å²) >= 11 is 5.59. The number of alkyl halides is 3. The van der Waals surface area contributed by atoms with E-state index in [0.717, 1.165) is 23.3 Å². The van der Waals surface area contributed by atoms with Crippen LogP contribution >= 0.6 is 11.6 Å². The first-order chi connectivity index (χ1) is 17.9. The number of phenolic OH excluding ortho intramolecular Hbond substituents is 1. The molecule has 3 N–H and O–H groups in total. The van der Waals surface area contributed by atoms with Gasteiger partial charge in [-0.25, -0.2) is 4.79 Å². The lowest BCUT2D eigenvalue weighted by atomic mass is 10.1. The van der Waals surface area contributed by atoms with Crippen LogP contribution in [0.1, 0.15) is 22.3 Å². The quantitative estimate of drug-likeness (QED) is 0.170. The molecule has 4 aromatic rings. The Bertz CT molecular complexity index is 1620. The molecule has 0 amide bonds. The molecule has 11 heteroatoms. The molecule has 38 heavy (non-hydrogen) atoms. The van der Waals surface area contributed by atoms with E-state index >= 15 is 0 Å². The number of nitrogens with zero attached hydrogens (tertiary/aromatic N) is 3. The molecule has 0 unspecified atom stereocenters. The minimum atomic E-state index is -4.60. The van der Waals surface area contributed by atoms with Crippen molar-refractivity contribution in [1.82, 2.24) is 4.57 Å². The summed E-state index contributed by atoms with van der Waals surface area (Å²) in [7, 11) is 0. The lowest BCUT2D eigenvalue weighted by Gasteiger charge is -2.11. The van der Waals surface area contributed by atoms with E-state index in [-0.39, 0.29) is 39.5 Å². The van der Waals surface area contributed by atoms with Gasteiger partial charge >= 0.3 is 12.1 Å². The Morgan fingerprint density at radius 1 is 1.00 bits per heavy atom. The van der Waals surface area contributed by atoms with Crippen LogP contribution in [0.15, 0.2) is 75.9 Å². The van der Waals surface area contributed by atoms with Gasteiger partial charge in [0, 0.05) is 11.1 Å². The Morgan fingerprint density at radius 3 is 2.37 bits per heavy atom. The number of fused-ring (bicyclic) bond motifs is 1. The smallest absolute Gasteiger partial charge is 0.416 e. The fourth-order valence-electron chi connectivity index (χ4n) is 3.84. The maximum Gasteiger partial charge on any atom is 0.416 e. The van der Waals surface area contributed by atoms with Crippen molar-refractivity contribution in [3.8, 4) is 17.3 Å². The molecule has 1 heterocycles. The van der Waals surface area contributed by atoms with Crippen molar-refractivity contribution < 1.29 is 33.3 Å². The number of phenols is 1. The summed E-state index contributed by atoms with van der Waals surface area (Å²) in [5, 5.41) is 38.2. The molecule has 0 fully saturated rings. The van der Waals surface area contributed by atoms with Gasteiger partial charge in [-0.3, -0.25) is 4.57 Å². The number of aromatic hydroxyl groups is 2. The van der Waals surface area contributed by atoms with Crippen molar-refractivity contribution in [1.29, 1.82) is 0 Å². The van der Waals surface area contributed by atoms with Gasteiger partial charge in [0.25, 0.3) is 0 Å². The number of hydrogen-bond acceptors (Lipinski definition) is 5. The monoisotopic (exact) mass is 543 g/mol. The van der Waals surface area contributed by atoms with Gasteiger partial charge in [-0.2, -0.15) is 13.2 Å². The Hall–Kier alpha value is -4.31. The van der Waals surface area contributed by atoms with E-state index in [2.05, 4.69) is 10.2 Å². The van der Waals surface area contributed by atoms with Crippen molar-refractivity contribution in [3.63, 3.8) is 0 Å². The minimum absolute atomic E-state index is 0.0282. The Kier molecular flexibility index (Phi) is 7.19. The zero-order valence-electron chi connectivity index (χ0n) is 20.1. The molecule has 196 valence electrons. The average Bonchev–Trinajstić information content (AvgIpc) is 3.13. The normalized spacial score (nSPS) is 12.5. The van der Waals surface area contributed by atoms with Gasteiger partial charge in [-0.1, -0.05) is 29.8 Å². The predicted octanol–water partition coefficient (Wildman–Crippen LogP) is 7.84. The number of rotatable bonds is 6. The SMILES string of the molecule is Cc1ccc(-n2c(O)c(N=Nc3ccc(C/C=C(\Cl)C(=O)O)cc3O)c3ccc(C(F)(F)F)cc32)cc1C. The highest BCUT2D eigenvalue weighted by Gasteiger charge is 2.32. The Labute approximate surface area is 219 Å². The van der Waals surface area contributed by atoms with Crippen molar-refractivity contribution >= 4 is 39.8 Å². The summed E-state index contributed by atoms with van der Waals surface area (Å²) < 4.78 is 41.7. The average molecular weight is 544 g/mol. The van der Waals surface area contributed by atoms with Crippen LogP contribution < -0.4 is 0 Å². The zero-order valence-corrected chi connectivity index (χ0v) is 20.8. The molecular formula is C27H21ClF3N3O4. The van der Waals surface area contributed by atoms with Crippen LogP contribution in [-0.4, -0.2) is 25.9 Å². The molecule has 7 nitrogen and oxygen atoms in total. The van der Waals surface area contributed by atoms with Gasteiger partial charge < -0.3 is 15.3 Å². The second-order valence-electron chi connectivity index (χ2n) is 8.59. The number of hydrogen-bond donors (Lipinski definition) is 3. The van der Waals surface area contributed by atoms with Gasteiger partial charge in [-0.15, -0.1) is 10.2 Å². The first-order valence-electron chi connectivity index (χ1n) is 11.2. The molecule has 0 atom stereocenters. The molecular weight excluding hydrogens is 523 g/mol. The number of aromatic nitrogens is 1. The van der Waals surface area contributed by atoms with E-state index in [9.17, 15) is 28.2 Å². The molecule has 0 spiro atoms. The van der Waals surface area contributed by atoms with Crippen LogP contribution in [0.2, 0.25) is 0 Å². The molecule has 0 saturated heterocycles. The highest BCUT2D eigenvalue weighted by molar-refractivity contribution is 6.40. The maximum absolute atomic E-state index is 13.5. The molecule has 0 aliphatic rings. The van der Waals surface area contributed by atoms with Gasteiger partial charge in [0.1, 0.15) is 16.5 Å². The molecule has 0 radical (unpaired) electrons.